The molecule has 1 saturated heterocycles. The zero-order valence-corrected chi connectivity index (χ0v) is 15.6. The second-order valence-electron chi connectivity index (χ2n) is 7.74. The standard InChI is InChI=1S/C19H28N2O4/c1-6-19(5)16(23)21(17(24)20-19)11-13(22)12-25-15-10-8-7-9-14(15)18(2,3)4/h7-10,13,22H,6,11-12H2,1-5H3,(H,20,24)/t13-,19+/m1/s1. The van der Waals surface area contributed by atoms with E-state index in [9.17, 15) is 14.7 Å². The number of benzene rings is 1. The molecule has 0 aromatic heterocycles. The van der Waals surface area contributed by atoms with Gasteiger partial charge in [0.2, 0.25) is 0 Å². The topological polar surface area (TPSA) is 78.9 Å². The molecule has 0 radical (unpaired) electrons. The number of nitrogens with zero attached hydrogens (tertiary/aromatic N) is 1. The molecule has 0 aliphatic carbocycles. The van der Waals surface area contributed by atoms with Crippen LogP contribution in [0.5, 0.6) is 5.75 Å². The molecule has 3 amide bonds. The van der Waals surface area contributed by atoms with Gasteiger partial charge in [0.15, 0.2) is 0 Å². The minimum absolute atomic E-state index is 0.00694. The number of imide groups is 1. The summed E-state index contributed by atoms with van der Waals surface area (Å²) in [6.45, 7) is 9.71. The van der Waals surface area contributed by atoms with Gasteiger partial charge >= 0.3 is 6.03 Å². The zero-order chi connectivity index (χ0) is 18.8. The van der Waals surface area contributed by atoms with Crippen molar-refractivity contribution in [3.8, 4) is 5.75 Å². The quantitative estimate of drug-likeness (QED) is 0.774. The molecule has 1 aromatic carbocycles. The average molecular weight is 348 g/mol. The Bertz CT molecular complexity index is 653. The first-order valence-corrected chi connectivity index (χ1v) is 8.63. The van der Waals surface area contributed by atoms with Crippen molar-refractivity contribution in [3.05, 3.63) is 29.8 Å². The highest BCUT2D eigenvalue weighted by Crippen LogP contribution is 2.31. The summed E-state index contributed by atoms with van der Waals surface area (Å²) in [5.41, 5.74) is 0.0574. The summed E-state index contributed by atoms with van der Waals surface area (Å²) in [7, 11) is 0. The number of carbonyl (C=O) groups excluding carboxylic acids is 2. The lowest BCUT2D eigenvalue weighted by atomic mass is 9.86. The Morgan fingerprint density at radius 2 is 1.92 bits per heavy atom. The minimum atomic E-state index is -0.957. The summed E-state index contributed by atoms with van der Waals surface area (Å²) in [5.74, 6) is 0.388. The molecule has 0 unspecified atom stereocenters. The monoisotopic (exact) mass is 348 g/mol. The third kappa shape index (κ3) is 4.12. The van der Waals surface area contributed by atoms with Gasteiger partial charge in [-0.3, -0.25) is 9.69 Å². The van der Waals surface area contributed by atoms with Crippen LogP contribution in [0, 0.1) is 0 Å². The van der Waals surface area contributed by atoms with Gasteiger partial charge in [-0.2, -0.15) is 0 Å². The van der Waals surface area contributed by atoms with Crippen molar-refractivity contribution >= 4 is 11.9 Å². The van der Waals surface area contributed by atoms with Crippen molar-refractivity contribution in [1.29, 1.82) is 0 Å². The number of urea groups is 1. The van der Waals surface area contributed by atoms with Gasteiger partial charge in [-0.25, -0.2) is 4.79 Å². The average Bonchev–Trinajstić information content (AvgIpc) is 2.76. The van der Waals surface area contributed by atoms with Crippen LogP contribution in [0.15, 0.2) is 24.3 Å². The SMILES string of the molecule is CC[C@]1(C)NC(=O)N(C[C@@H](O)COc2ccccc2C(C)(C)C)C1=O. The smallest absolute Gasteiger partial charge is 0.325 e. The van der Waals surface area contributed by atoms with Crippen LogP contribution >= 0.6 is 0 Å². The molecule has 6 nitrogen and oxygen atoms in total. The van der Waals surface area contributed by atoms with Gasteiger partial charge in [0, 0.05) is 0 Å². The maximum absolute atomic E-state index is 12.4. The third-order valence-corrected chi connectivity index (χ3v) is 4.57. The predicted octanol–water partition coefficient (Wildman–Crippen LogP) is 2.44. The Kier molecular flexibility index (Phi) is 5.42. The molecule has 1 heterocycles. The molecule has 1 aromatic rings. The molecule has 6 heteroatoms. The van der Waals surface area contributed by atoms with E-state index in [-0.39, 0.29) is 24.5 Å². The molecule has 25 heavy (non-hydrogen) atoms. The van der Waals surface area contributed by atoms with E-state index in [0.717, 1.165) is 10.5 Å². The molecule has 138 valence electrons. The Labute approximate surface area is 149 Å². The highest BCUT2D eigenvalue weighted by Gasteiger charge is 2.46. The number of para-hydroxylation sites is 1. The second kappa shape index (κ2) is 7.04. The largest absolute Gasteiger partial charge is 0.491 e. The highest BCUT2D eigenvalue weighted by atomic mass is 16.5. The van der Waals surface area contributed by atoms with Gasteiger partial charge in [0.1, 0.15) is 24.0 Å². The molecule has 2 N–H and O–H groups in total. The van der Waals surface area contributed by atoms with E-state index in [4.69, 9.17) is 4.74 Å². The highest BCUT2D eigenvalue weighted by molar-refractivity contribution is 6.06. The van der Waals surface area contributed by atoms with Gasteiger partial charge in [0.05, 0.1) is 6.54 Å². The molecule has 0 spiro atoms. The van der Waals surface area contributed by atoms with Crippen LogP contribution in [0.1, 0.15) is 46.6 Å². The lowest BCUT2D eigenvalue weighted by Crippen LogP contribution is -2.44. The third-order valence-electron chi connectivity index (χ3n) is 4.57. The van der Waals surface area contributed by atoms with Gasteiger partial charge in [-0.15, -0.1) is 0 Å². The molecular weight excluding hydrogens is 320 g/mol. The molecule has 2 atom stereocenters. The fraction of sp³-hybridized carbons (Fsp3) is 0.579. The van der Waals surface area contributed by atoms with Gasteiger partial charge < -0.3 is 15.2 Å². The number of amides is 3. The lowest BCUT2D eigenvalue weighted by Gasteiger charge is -2.24. The summed E-state index contributed by atoms with van der Waals surface area (Å²) in [6, 6.07) is 7.20. The number of rotatable bonds is 6. The Hall–Kier alpha value is -2.08. The first kappa shape index (κ1) is 19.2. The van der Waals surface area contributed by atoms with Crippen LogP contribution < -0.4 is 10.1 Å². The minimum Gasteiger partial charge on any atom is -0.491 e. The molecular formula is C19H28N2O4. The number of aliphatic hydroxyl groups is 1. The van der Waals surface area contributed by atoms with Crippen molar-refractivity contribution < 1.29 is 19.4 Å². The van der Waals surface area contributed by atoms with Crippen LogP contribution in [0.25, 0.3) is 0 Å². The van der Waals surface area contributed by atoms with E-state index in [0.29, 0.717) is 12.2 Å². The maximum atomic E-state index is 12.4. The van der Waals surface area contributed by atoms with Crippen LogP contribution in [0.2, 0.25) is 0 Å². The zero-order valence-electron chi connectivity index (χ0n) is 15.6. The van der Waals surface area contributed by atoms with Gasteiger partial charge in [-0.05, 0) is 30.4 Å². The molecule has 0 bridgehead atoms. The van der Waals surface area contributed by atoms with Gasteiger partial charge in [0.25, 0.3) is 5.91 Å². The summed E-state index contributed by atoms with van der Waals surface area (Å²) in [6.07, 6.45) is -0.457. The summed E-state index contributed by atoms with van der Waals surface area (Å²) in [5, 5.41) is 12.9. The fourth-order valence-electron chi connectivity index (χ4n) is 2.81. The van der Waals surface area contributed by atoms with Crippen molar-refractivity contribution in [1.82, 2.24) is 10.2 Å². The number of carbonyl (C=O) groups is 2. The Morgan fingerprint density at radius 1 is 1.28 bits per heavy atom. The van der Waals surface area contributed by atoms with Crippen LogP contribution in [-0.2, 0) is 10.2 Å². The maximum Gasteiger partial charge on any atom is 0.325 e. The number of β-amino-alcohol motifs (C(OH)–C–C–N with tert-alkyl or cyclic N) is 1. The van der Waals surface area contributed by atoms with Crippen molar-refractivity contribution in [2.45, 2.75) is 58.1 Å². The number of ether oxygens (including phenoxy) is 1. The van der Waals surface area contributed by atoms with Crippen LogP contribution in [0.3, 0.4) is 0 Å². The second-order valence-corrected chi connectivity index (χ2v) is 7.74. The van der Waals surface area contributed by atoms with Crippen molar-refractivity contribution in [2.75, 3.05) is 13.2 Å². The molecule has 2 rings (SSSR count). The number of nitrogens with one attached hydrogen (secondary N) is 1. The lowest BCUT2D eigenvalue weighted by molar-refractivity contribution is -0.132. The van der Waals surface area contributed by atoms with Crippen LogP contribution in [-0.4, -0.2) is 46.7 Å². The van der Waals surface area contributed by atoms with E-state index < -0.39 is 17.7 Å². The summed E-state index contributed by atoms with van der Waals surface area (Å²) < 4.78 is 5.76. The fourth-order valence-corrected chi connectivity index (χ4v) is 2.81. The van der Waals surface area contributed by atoms with E-state index in [1.165, 1.54) is 0 Å². The van der Waals surface area contributed by atoms with E-state index >= 15 is 0 Å². The molecule has 1 aliphatic heterocycles. The number of aliphatic hydroxyl groups excluding tert-OH is 1. The van der Waals surface area contributed by atoms with E-state index in [1.54, 1.807) is 6.92 Å². The number of hydrogen-bond donors (Lipinski definition) is 2. The normalized spacial score (nSPS) is 22.1. The van der Waals surface area contributed by atoms with Gasteiger partial charge in [-0.1, -0.05) is 45.9 Å². The van der Waals surface area contributed by atoms with Crippen LogP contribution in [0.4, 0.5) is 4.79 Å². The molecule has 1 aliphatic rings. The predicted molar refractivity (Wildman–Crippen MR) is 95.6 cm³/mol. The Morgan fingerprint density at radius 3 is 2.48 bits per heavy atom. The summed E-state index contributed by atoms with van der Waals surface area (Å²) >= 11 is 0. The van der Waals surface area contributed by atoms with E-state index in [1.807, 2.05) is 31.2 Å². The molecule has 1 fully saturated rings. The Balaban J connectivity index is 2.00. The first-order valence-electron chi connectivity index (χ1n) is 8.63. The number of hydrogen-bond acceptors (Lipinski definition) is 4. The van der Waals surface area contributed by atoms with Crippen molar-refractivity contribution in [2.24, 2.45) is 0 Å². The first-order chi connectivity index (χ1) is 11.6. The molecule has 0 saturated carbocycles. The van der Waals surface area contributed by atoms with E-state index in [2.05, 4.69) is 26.1 Å². The van der Waals surface area contributed by atoms with Crippen molar-refractivity contribution in [3.63, 3.8) is 0 Å². The summed E-state index contributed by atoms with van der Waals surface area (Å²) in [4.78, 5) is 25.4.